The fourth-order valence-corrected chi connectivity index (χ4v) is 3.72. The van der Waals surface area contributed by atoms with Gasteiger partial charge in [-0.05, 0) is 60.4 Å². The van der Waals surface area contributed by atoms with Gasteiger partial charge in [-0.2, -0.15) is 4.39 Å². The predicted molar refractivity (Wildman–Crippen MR) is 119 cm³/mol. The van der Waals surface area contributed by atoms with Crippen molar-refractivity contribution < 1.29 is 18.3 Å². The van der Waals surface area contributed by atoms with Crippen molar-refractivity contribution in [2.24, 2.45) is 5.73 Å². The van der Waals surface area contributed by atoms with Crippen LogP contribution in [0.25, 0.3) is 22.1 Å². The van der Waals surface area contributed by atoms with E-state index in [4.69, 9.17) is 14.9 Å². The van der Waals surface area contributed by atoms with Crippen molar-refractivity contribution in [1.82, 2.24) is 0 Å². The summed E-state index contributed by atoms with van der Waals surface area (Å²) in [6.07, 6.45) is 0.318. The van der Waals surface area contributed by atoms with Crippen LogP contribution in [-0.4, -0.2) is 5.78 Å². The maximum absolute atomic E-state index is 13.9. The summed E-state index contributed by atoms with van der Waals surface area (Å²) < 4.78 is 25.4. The molecule has 4 aromatic rings. The molecule has 0 bridgehead atoms. The van der Waals surface area contributed by atoms with E-state index in [1.54, 1.807) is 6.92 Å². The van der Waals surface area contributed by atoms with E-state index in [1.807, 2.05) is 61.5 Å². The first-order chi connectivity index (χ1) is 14.9. The minimum Gasteiger partial charge on any atom is -0.489 e. The molecule has 158 valence electrons. The summed E-state index contributed by atoms with van der Waals surface area (Å²) in [4.78, 5) is 11.6. The SMILES string of the molecule is CC(=O)Cc1ccc(C)cc1OCc1cc(-c2cccc(CN)c2)c2oc(F)cc2c1. The van der Waals surface area contributed by atoms with Crippen LogP contribution < -0.4 is 10.5 Å². The Kier molecular flexibility index (Phi) is 5.87. The largest absolute Gasteiger partial charge is 0.489 e. The molecule has 4 nitrogen and oxygen atoms in total. The number of hydrogen-bond donors (Lipinski definition) is 1. The van der Waals surface area contributed by atoms with Gasteiger partial charge in [-0.15, -0.1) is 0 Å². The van der Waals surface area contributed by atoms with Crippen molar-refractivity contribution in [1.29, 1.82) is 0 Å². The molecule has 3 aromatic carbocycles. The molecule has 0 unspecified atom stereocenters. The molecule has 0 saturated heterocycles. The van der Waals surface area contributed by atoms with E-state index in [9.17, 15) is 9.18 Å². The number of rotatable bonds is 7. The number of furan rings is 1. The van der Waals surface area contributed by atoms with E-state index in [-0.39, 0.29) is 12.4 Å². The van der Waals surface area contributed by atoms with Gasteiger partial charge in [-0.25, -0.2) is 0 Å². The highest BCUT2D eigenvalue weighted by molar-refractivity contribution is 5.93. The number of nitrogens with two attached hydrogens (primary N) is 1. The van der Waals surface area contributed by atoms with Gasteiger partial charge in [-0.3, -0.25) is 4.79 Å². The molecule has 0 aliphatic heterocycles. The lowest BCUT2D eigenvalue weighted by Gasteiger charge is -2.13. The Bertz CT molecular complexity index is 1260. The van der Waals surface area contributed by atoms with Crippen LogP contribution >= 0.6 is 0 Å². The van der Waals surface area contributed by atoms with Crippen molar-refractivity contribution in [3.8, 4) is 16.9 Å². The molecule has 31 heavy (non-hydrogen) atoms. The number of fused-ring (bicyclic) bond motifs is 1. The Morgan fingerprint density at radius 3 is 2.68 bits per heavy atom. The highest BCUT2D eigenvalue weighted by Crippen LogP contribution is 2.33. The fourth-order valence-electron chi connectivity index (χ4n) is 3.72. The van der Waals surface area contributed by atoms with Crippen LogP contribution in [0.5, 0.6) is 5.75 Å². The molecule has 0 spiro atoms. The minimum absolute atomic E-state index is 0.0751. The number of carbonyl (C=O) groups excluding carboxylic acids is 1. The fraction of sp³-hybridized carbons (Fsp3) is 0.192. The van der Waals surface area contributed by atoms with Gasteiger partial charge in [0.15, 0.2) is 0 Å². The summed E-state index contributed by atoms with van der Waals surface area (Å²) in [6.45, 7) is 4.24. The third-order valence-electron chi connectivity index (χ3n) is 5.18. The number of ether oxygens (including phenoxy) is 1. The zero-order chi connectivity index (χ0) is 22.0. The third kappa shape index (κ3) is 4.67. The molecule has 0 aliphatic carbocycles. The van der Waals surface area contributed by atoms with E-state index in [0.717, 1.165) is 33.4 Å². The maximum Gasteiger partial charge on any atom is 0.278 e. The quantitative estimate of drug-likeness (QED) is 0.418. The number of benzene rings is 3. The van der Waals surface area contributed by atoms with Crippen molar-refractivity contribution >= 4 is 16.8 Å². The van der Waals surface area contributed by atoms with Crippen LogP contribution in [-0.2, 0) is 24.4 Å². The van der Waals surface area contributed by atoms with Crippen LogP contribution in [0.4, 0.5) is 4.39 Å². The molecule has 1 heterocycles. The molecule has 0 saturated carbocycles. The molecule has 0 aliphatic rings. The van der Waals surface area contributed by atoms with Gasteiger partial charge in [0.1, 0.15) is 23.7 Å². The summed E-state index contributed by atoms with van der Waals surface area (Å²) >= 11 is 0. The average Bonchev–Trinajstić information content (AvgIpc) is 3.13. The first-order valence-electron chi connectivity index (χ1n) is 10.2. The lowest BCUT2D eigenvalue weighted by molar-refractivity contribution is -0.116. The molecule has 1 aromatic heterocycles. The Morgan fingerprint density at radius 1 is 1.06 bits per heavy atom. The van der Waals surface area contributed by atoms with Gasteiger partial charge in [-0.1, -0.05) is 30.3 Å². The lowest BCUT2D eigenvalue weighted by atomic mass is 9.99. The Balaban J connectivity index is 1.71. The first-order valence-corrected chi connectivity index (χ1v) is 10.2. The van der Waals surface area contributed by atoms with Crippen LogP contribution in [0.15, 0.2) is 65.1 Å². The van der Waals surface area contributed by atoms with Crippen LogP contribution in [0.3, 0.4) is 0 Å². The highest BCUT2D eigenvalue weighted by Gasteiger charge is 2.14. The molecule has 0 amide bonds. The van der Waals surface area contributed by atoms with E-state index in [0.29, 0.717) is 29.7 Å². The molecule has 0 radical (unpaired) electrons. The monoisotopic (exact) mass is 417 g/mol. The molecular formula is C26H24FNO3. The number of aryl methyl sites for hydroxylation is 1. The van der Waals surface area contributed by atoms with E-state index >= 15 is 0 Å². The zero-order valence-electron chi connectivity index (χ0n) is 17.6. The van der Waals surface area contributed by atoms with Gasteiger partial charge >= 0.3 is 0 Å². The Hall–Kier alpha value is -3.44. The molecule has 2 N–H and O–H groups in total. The number of carbonyl (C=O) groups is 1. The van der Waals surface area contributed by atoms with Gasteiger partial charge in [0.2, 0.25) is 0 Å². The van der Waals surface area contributed by atoms with Crippen molar-refractivity contribution in [3.63, 3.8) is 0 Å². The predicted octanol–water partition coefficient (Wildman–Crippen LogP) is 5.72. The summed E-state index contributed by atoms with van der Waals surface area (Å²) in [5, 5.41) is 0.667. The standard InChI is InChI=1S/C26H24FNO3/c1-16-6-7-21(9-17(2)29)24(8-16)30-15-19-11-22-13-25(27)31-26(22)23(12-19)20-5-3-4-18(10-20)14-28/h3-8,10-13H,9,14-15,28H2,1-2H3. The maximum atomic E-state index is 13.9. The zero-order valence-corrected chi connectivity index (χ0v) is 17.6. The van der Waals surface area contributed by atoms with Gasteiger partial charge < -0.3 is 14.9 Å². The summed E-state index contributed by atoms with van der Waals surface area (Å²) in [6, 6.07) is 18.2. The second-order valence-corrected chi connectivity index (χ2v) is 7.80. The average molecular weight is 417 g/mol. The van der Waals surface area contributed by atoms with Crippen LogP contribution in [0, 0.1) is 12.9 Å². The second-order valence-electron chi connectivity index (χ2n) is 7.80. The topological polar surface area (TPSA) is 65.5 Å². The molecule has 0 atom stereocenters. The summed E-state index contributed by atoms with van der Waals surface area (Å²) in [5.74, 6) is 0.756. The van der Waals surface area contributed by atoms with E-state index in [1.165, 1.54) is 6.07 Å². The molecular weight excluding hydrogens is 393 g/mol. The van der Waals surface area contributed by atoms with Gasteiger partial charge in [0, 0.05) is 35.5 Å². The summed E-state index contributed by atoms with van der Waals surface area (Å²) in [5.41, 5.74) is 11.7. The smallest absolute Gasteiger partial charge is 0.278 e. The Morgan fingerprint density at radius 2 is 1.90 bits per heavy atom. The van der Waals surface area contributed by atoms with Crippen LogP contribution in [0.1, 0.15) is 29.2 Å². The summed E-state index contributed by atoms with van der Waals surface area (Å²) in [7, 11) is 0. The van der Waals surface area contributed by atoms with E-state index in [2.05, 4.69) is 0 Å². The first kappa shape index (κ1) is 20.8. The third-order valence-corrected chi connectivity index (χ3v) is 5.18. The van der Waals surface area contributed by atoms with Crippen molar-refractivity contribution in [2.75, 3.05) is 0 Å². The van der Waals surface area contributed by atoms with Crippen molar-refractivity contribution in [3.05, 3.63) is 88.9 Å². The number of hydrogen-bond acceptors (Lipinski definition) is 4. The highest BCUT2D eigenvalue weighted by atomic mass is 19.1. The van der Waals surface area contributed by atoms with Gasteiger partial charge in [0.25, 0.3) is 6.01 Å². The number of Topliss-reactive ketones (excluding diaryl/α,β-unsaturated/α-hetero) is 1. The second kappa shape index (κ2) is 8.74. The molecule has 5 heteroatoms. The normalized spacial score (nSPS) is 11.1. The number of ketones is 1. The number of halogens is 1. The molecule has 4 rings (SSSR count). The van der Waals surface area contributed by atoms with Gasteiger partial charge in [0.05, 0.1) is 0 Å². The lowest BCUT2D eigenvalue weighted by Crippen LogP contribution is -2.03. The van der Waals surface area contributed by atoms with Crippen molar-refractivity contribution in [2.45, 2.75) is 33.4 Å². The minimum atomic E-state index is -0.633. The van der Waals surface area contributed by atoms with E-state index < -0.39 is 6.01 Å². The Labute approximate surface area is 180 Å². The van der Waals surface area contributed by atoms with Crippen LogP contribution in [0.2, 0.25) is 0 Å². The molecule has 0 fully saturated rings.